The molecule has 0 aliphatic rings. The molecule has 23 heavy (non-hydrogen) atoms. The van der Waals surface area contributed by atoms with Crippen molar-refractivity contribution in [1.29, 1.82) is 0 Å². The summed E-state index contributed by atoms with van der Waals surface area (Å²) in [6.07, 6.45) is 0.840. The van der Waals surface area contributed by atoms with E-state index in [1.807, 2.05) is 18.4 Å². The lowest BCUT2D eigenvalue weighted by Gasteiger charge is -2.12. The highest BCUT2D eigenvalue weighted by atomic mass is 32.2. The van der Waals surface area contributed by atoms with Crippen LogP contribution in [0.3, 0.4) is 0 Å². The molecule has 6 heteroatoms. The predicted octanol–water partition coefficient (Wildman–Crippen LogP) is 3.31. The van der Waals surface area contributed by atoms with E-state index in [2.05, 4.69) is 5.32 Å². The zero-order valence-electron chi connectivity index (χ0n) is 13.9. The van der Waals surface area contributed by atoms with Crippen molar-refractivity contribution in [2.45, 2.75) is 50.5 Å². The standard InChI is InChI=1S/C17H22N2O3S/c1-5-11-19-13(3)12(2)16(17(19)18-14(4)20)23(21,22)15-9-7-6-8-10-15/h6-10H,5,11H2,1-4H3,(H,18,20). The van der Waals surface area contributed by atoms with Gasteiger partial charge in [0.1, 0.15) is 10.7 Å². The maximum absolute atomic E-state index is 13.1. The highest BCUT2D eigenvalue weighted by Crippen LogP contribution is 2.35. The van der Waals surface area contributed by atoms with E-state index in [9.17, 15) is 13.2 Å². The molecule has 0 saturated heterocycles. The second-order valence-corrected chi connectivity index (χ2v) is 7.42. The first-order valence-corrected chi connectivity index (χ1v) is 9.06. The maximum atomic E-state index is 13.1. The summed E-state index contributed by atoms with van der Waals surface area (Å²) in [5.74, 6) is 0.0718. The Hall–Kier alpha value is -2.08. The molecule has 0 atom stereocenters. The molecule has 5 nitrogen and oxygen atoms in total. The Bertz CT molecular complexity index is 821. The van der Waals surface area contributed by atoms with Crippen molar-refractivity contribution in [1.82, 2.24) is 4.57 Å². The number of amides is 1. The summed E-state index contributed by atoms with van der Waals surface area (Å²) >= 11 is 0. The molecule has 0 fully saturated rings. The Morgan fingerprint density at radius 3 is 2.30 bits per heavy atom. The van der Waals surface area contributed by atoms with Gasteiger partial charge in [-0.25, -0.2) is 8.42 Å². The minimum atomic E-state index is -3.70. The van der Waals surface area contributed by atoms with Crippen molar-refractivity contribution in [3.05, 3.63) is 41.6 Å². The smallest absolute Gasteiger partial charge is 0.222 e. The molecular formula is C17H22N2O3S. The van der Waals surface area contributed by atoms with Gasteiger partial charge in [0.2, 0.25) is 15.7 Å². The van der Waals surface area contributed by atoms with Gasteiger partial charge < -0.3 is 9.88 Å². The summed E-state index contributed by atoms with van der Waals surface area (Å²) < 4.78 is 28.0. The van der Waals surface area contributed by atoms with E-state index in [1.165, 1.54) is 6.92 Å². The Labute approximate surface area is 137 Å². The van der Waals surface area contributed by atoms with Crippen molar-refractivity contribution in [3.8, 4) is 0 Å². The van der Waals surface area contributed by atoms with Gasteiger partial charge in [0.05, 0.1) is 4.90 Å². The zero-order chi connectivity index (χ0) is 17.2. The van der Waals surface area contributed by atoms with Crippen molar-refractivity contribution in [2.75, 3.05) is 5.32 Å². The molecule has 0 bridgehead atoms. The van der Waals surface area contributed by atoms with Crippen LogP contribution in [-0.4, -0.2) is 18.9 Å². The third-order valence-corrected chi connectivity index (χ3v) is 5.77. The van der Waals surface area contributed by atoms with Crippen LogP contribution in [0.15, 0.2) is 40.1 Å². The van der Waals surface area contributed by atoms with Crippen molar-refractivity contribution in [3.63, 3.8) is 0 Å². The van der Waals surface area contributed by atoms with E-state index >= 15 is 0 Å². The molecule has 1 N–H and O–H groups in total. The van der Waals surface area contributed by atoms with Gasteiger partial charge in [0.15, 0.2) is 0 Å². The number of benzene rings is 1. The number of carbonyl (C=O) groups excluding carboxylic acids is 1. The third kappa shape index (κ3) is 3.17. The first-order valence-electron chi connectivity index (χ1n) is 7.58. The van der Waals surface area contributed by atoms with Crippen LogP contribution in [0.1, 0.15) is 31.5 Å². The molecule has 0 aliphatic carbocycles. The van der Waals surface area contributed by atoms with Gasteiger partial charge in [-0.2, -0.15) is 0 Å². The highest BCUT2D eigenvalue weighted by Gasteiger charge is 2.29. The third-order valence-electron chi connectivity index (χ3n) is 3.84. The lowest BCUT2D eigenvalue weighted by Crippen LogP contribution is -2.15. The van der Waals surface area contributed by atoms with E-state index in [0.29, 0.717) is 17.9 Å². The maximum Gasteiger partial charge on any atom is 0.222 e. The van der Waals surface area contributed by atoms with E-state index in [0.717, 1.165) is 12.1 Å². The number of hydrogen-bond donors (Lipinski definition) is 1. The van der Waals surface area contributed by atoms with Crippen LogP contribution in [-0.2, 0) is 21.2 Å². The van der Waals surface area contributed by atoms with Crippen LogP contribution in [0.4, 0.5) is 5.82 Å². The number of sulfone groups is 1. The number of aromatic nitrogens is 1. The molecule has 124 valence electrons. The van der Waals surface area contributed by atoms with E-state index in [4.69, 9.17) is 0 Å². The summed E-state index contributed by atoms with van der Waals surface area (Å²) in [4.78, 5) is 12.0. The number of nitrogens with zero attached hydrogens (tertiary/aromatic N) is 1. The fraction of sp³-hybridized carbons (Fsp3) is 0.353. The molecule has 0 aliphatic heterocycles. The minimum Gasteiger partial charge on any atom is -0.331 e. The summed E-state index contributed by atoms with van der Waals surface area (Å²) in [6, 6.07) is 8.29. The summed E-state index contributed by atoms with van der Waals surface area (Å²) in [6.45, 7) is 7.69. The van der Waals surface area contributed by atoms with Crippen LogP contribution in [0.5, 0.6) is 0 Å². The lowest BCUT2D eigenvalue weighted by atomic mass is 10.3. The van der Waals surface area contributed by atoms with Crippen LogP contribution in [0.25, 0.3) is 0 Å². The van der Waals surface area contributed by atoms with Crippen LogP contribution in [0, 0.1) is 13.8 Å². The number of nitrogens with one attached hydrogen (secondary N) is 1. The van der Waals surface area contributed by atoms with Gasteiger partial charge in [0.25, 0.3) is 0 Å². The van der Waals surface area contributed by atoms with Gasteiger partial charge in [0, 0.05) is 19.2 Å². The van der Waals surface area contributed by atoms with E-state index in [-0.39, 0.29) is 15.7 Å². The number of hydrogen-bond acceptors (Lipinski definition) is 3. The molecule has 1 amide bonds. The normalized spacial score (nSPS) is 11.5. The molecule has 1 aromatic carbocycles. The molecular weight excluding hydrogens is 312 g/mol. The first kappa shape index (κ1) is 17.3. The Kier molecular flexibility index (Phi) is 4.94. The van der Waals surface area contributed by atoms with Gasteiger partial charge in [-0.3, -0.25) is 4.79 Å². The molecule has 0 saturated carbocycles. The predicted molar refractivity (Wildman–Crippen MR) is 90.4 cm³/mol. The number of anilines is 1. The first-order chi connectivity index (χ1) is 10.8. The lowest BCUT2D eigenvalue weighted by molar-refractivity contribution is -0.114. The van der Waals surface area contributed by atoms with Gasteiger partial charge >= 0.3 is 0 Å². The molecule has 2 rings (SSSR count). The van der Waals surface area contributed by atoms with Crippen LogP contribution < -0.4 is 5.32 Å². The Morgan fingerprint density at radius 1 is 1.17 bits per heavy atom. The Balaban J connectivity index is 2.75. The number of carbonyl (C=O) groups is 1. The average Bonchev–Trinajstić information content (AvgIpc) is 2.73. The van der Waals surface area contributed by atoms with E-state index < -0.39 is 9.84 Å². The summed E-state index contributed by atoms with van der Waals surface area (Å²) in [7, 11) is -3.70. The average molecular weight is 334 g/mol. The topological polar surface area (TPSA) is 68.2 Å². The van der Waals surface area contributed by atoms with Crippen LogP contribution >= 0.6 is 0 Å². The number of rotatable bonds is 5. The van der Waals surface area contributed by atoms with Crippen LogP contribution in [0.2, 0.25) is 0 Å². The monoisotopic (exact) mass is 334 g/mol. The Morgan fingerprint density at radius 2 is 1.78 bits per heavy atom. The molecule has 1 aromatic heterocycles. The summed E-state index contributed by atoms with van der Waals surface area (Å²) in [5.41, 5.74) is 1.52. The molecule has 2 aromatic rings. The second-order valence-electron chi connectivity index (χ2n) is 5.54. The van der Waals surface area contributed by atoms with Gasteiger partial charge in [-0.05, 0) is 38.0 Å². The second kappa shape index (κ2) is 6.58. The molecule has 1 heterocycles. The fourth-order valence-electron chi connectivity index (χ4n) is 2.68. The zero-order valence-corrected chi connectivity index (χ0v) is 14.7. The molecule has 0 unspecified atom stereocenters. The fourth-order valence-corrected chi connectivity index (χ4v) is 4.39. The highest BCUT2D eigenvalue weighted by molar-refractivity contribution is 7.91. The van der Waals surface area contributed by atoms with Crippen molar-refractivity contribution < 1.29 is 13.2 Å². The summed E-state index contributed by atoms with van der Waals surface area (Å²) in [5, 5.41) is 2.71. The van der Waals surface area contributed by atoms with Gasteiger partial charge in [-0.1, -0.05) is 25.1 Å². The van der Waals surface area contributed by atoms with Gasteiger partial charge in [-0.15, -0.1) is 0 Å². The molecule has 0 spiro atoms. The minimum absolute atomic E-state index is 0.185. The molecule has 0 radical (unpaired) electrons. The SMILES string of the molecule is CCCn1c(C)c(C)c(S(=O)(=O)c2ccccc2)c1NC(C)=O. The van der Waals surface area contributed by atoms with Crippen molar-refractivity contribution >= 4 is 21.6 Å². The largest absolute Gasteiger partial charge is 0.331 e. The van der Waals surface area contributed by atoms with Crippen molar-refractivity contribution in [2.24, 2.45) is 0 Å². The van der Waals surface area contributed by atoms with E-state index in [1.54, 1.807) is 37.3 Å². The quantitative estimate of drug-likeness (QED) is 0.912.